The Balaban J connectivity index is 4.10. The Labute approximate surface area is 367 Å². The van der Waals surface area contributed by atoms with E-state index in [1.165, 1.54) is 186 Å². The van der Waals surface area contributed by atoms with Crippen LogP contribution in [0.1, 0.15) is 245 Å². The van der Waals surface area contributed by atoms with Crippen LogP contribution in [0, 0.1) is 0 Å². The summed E-state index contributed by atoms with van der Waals surface area (Å²) in [5.41, 5.74) is 0. The number of carbonyl (C=O) groups excluding carboxylic acids is 1. The predicted molar refractivity (Wildman–Crippen MR) is 252 cm³/mol. The van der Waals surface area contributed by atoms with E-state index in [9.17, 15) is 14.3 Å². The van der Waals surface area contributed by atoms with Gasteiger partial charge >= 0.3 is 13.8 Å². The number of quaternary nitrogens is 1. The van der Waals surface area contributed by atoms with Crippen LogP contribution in [-0.4, -0.2) is 75.6 Å². The first kappa shape index (κ1) is 58.2. The summed E-state index contributed by atoms with van der Waals surface area (Å²) in [5, 5.41) is 0. The van der Waals surface area contributed by atoms with Gasteiger partial charge < -0.3 is 18.9 Å². The first-order valence-electron chi connectivity index (χ1n) is 25.4. The molecule has 0 rings (SSSR count). The van der Waals surface area contributed by atoms with Crippen molar-refractivity contribution in [3.63, 3.8) is 0 Å². The molecule has 0 bridgehead atoms. The lowest BCUT2D eigenvalue weighted by Gasteiger charge is -2.24. The Morgan fingerprint density at radius 3 is 1.29 bits per heavy atom. The predicted octanol–water partition coefficient (Wildman–Crippen LogP) is 15.4. The molecule has 0 radical (unpaired) electrons. The largest absolute Gasteiger partial charge is 0.472 e. The number of carbonyl (C=O) groups is 1. The molecule has 0 aliphatic heterocycles. The molecule has 1 N–H and O–H groups in total. The fourth-order valence-corrected chi connectivity index (χ4v) is 8.11. The molecule has 0 spiro atoms. The van der Waals surface area contributed by atoms with Gasteiger partial charge in [-0.25, -0.2) is 4.57 Å². The molecular formula is C50H101NO7P+. The summed E-state index contributed by atoms with van der Waals surface area (Å²) < 4.78 is 35.1. The summed E-state index contributed by atoms with van der Waals surface area (Å²) in [6.45, 7) is 5.67. The number of esters is 1. The van der Waals surface area contributed by atoms with E-state index in [1.54, 1.807) is 0 Å². The van der Waals surface area contributed by atoms with Gasteiger partial charge in [0, 0.05) is 13.0 Å². The first-order chi connectivity index (χ1) is 28.6. The van der Waals surface area contributed by atoms with Gasteiger partial charge in [-0.3, -0.25) is 13.8 Å². The fraction of sp³-hybridized carbons (Fsp3) is 0.940. The summed E-state index contributed by atoms with van der Waals surface area (Å²) in [5.74, 6) is -0.316. The van der Waals surface area contributed by atoms with Gasteiger partial charge in [0.2, 0.25) is 0 Å². The van der Waals surface area contributed by atoms with Crippen molar-refractivity contribution >= 4 is 13.8 Å². The van der Waals surface area contributed by atoms with Gasteiger partial charge in [-0.1, -0.05) is 212 Å². The number of allylic oxidation sites excluding steroid dienone is 2. The molecule has 0 aliphatic carbocycles. The van der Waals surface area contributed by atoms with E-state index in [2.05, 4.69) is 26.0 Å². The van der Waals surface area contributed by atoms with Crippen molar-refractivity contribution < 1.29 is 37.3 Å². The maximum absolute atomic E-state index is 12.7. The Hall–Kier alpha value is -0.760. The maximum atomic E-state index is 12.7. The van der Waals surface area contributed by atoms with Crippen molar-refractivity contribution in [2.45, 2.75) is 251 Å². The number of nitrogens with zero attached hydrogens (tertiary/aromatic N) is 1. The van der Waals surface area contributed by atoms with Crippen LogP contribution in [0.4, 0.5) is 0 Å². The van der Waals surface area contributed by atoms with Crippen LogP contribution in [0.5, 0.6) is 0 Å². The van der Waals surface area contributed by atoms with Crippen molar-refractivity contribution in [1.82, 2.24) is 0 Å². The highest BCUT2D eigenvalue weighted by Gasteiger charge is 2.26. The van der Waals surface area contributed by atoms with Crippen LogP contribution in [0.25, 0.3) is 0 Å². The zero-order valence-electron chi connectivity index (χ0n) is 40.0. The van der Waals surface area contributed by atoms with Crippen LogP contribution < -0.4 is 0 Å². The minimum absolute atomic E-state index is 0.0905. The minimum atomic E-state index is -4.28. The quantitative estimate of drug-likeness (QED) is 0.0214. The molecule has 0 fully saturated rings. The second-order valence-electron chi connectivity index (χ2n) is 18.6. The van der Waals surface area contributed by atoms with E-state index >= 15 is 0 Å². The molecule has 352 valence electrons. The number of phosphoric acid groups is 1. The van der Waals surface area contributed by atoms with E-state index in [-0.39, 0.29) is 25.8 Å². The lowest BCUT2D eigenvalue weighted by atomic mass is 10.0. The molecule has 2 unspecified atom stereocenters. The summed E-state index contributed by atoms with van der Waals surface area (Å²) in [6, 6.07) is 0. The van der Waals surface area contributed by atoms with Crippen LogP contribution >= 0.6 is 7.82 Å². The summed E-state index contributed by atoms with van der Waals surface area (Å²) in [6.07, 6.45) is 49.7. The molecule has 59 heavy (non-hydrogen) atoms. The maximum Gasteiger partial charge on any atom is 0.472 e. The van der Waals surface area contributed by atoms with Crippen molar-refractivity contribution in [3.8, 4) is 0 Å². The SMILES string of the molecule is CCCCCCCCC/C=C\CCCCCCCC(=O)OC(COCCCCCCCCCCCCCCCCCCCCCCC)COP(=O)(O)OCC[N+](C)(C)C. The lowest BCUT2D eigenvalue weighted by Crippen LogP contribution is -2.37. The highest BCUT2D eigenvalue weighted by Crippen LogP contribution is 2.43. The number of hydrogen-bond donors (Lipinski definition) is 1. The van der Waals surface area contributed by atoms with E-state index in [4.69, 9.17) is 18.5 Å². The molecule has 0 saturated carbocycles. The number of ether oxygens (including phenoxy) is 2. The molecule has 0 aliphatic rings. The number of phosphoric ester groups is 1. The Morgan fingerprint density at radius 2 is 0.881 bits per heavy atom. The summed E-state index contributed by atoms with van der Waals surface area (Å²) in [4.78, 5) is 23.0. The molecule has 0 amide bonds. The van der Waals surface area contributed by atoms with Gasteiger partial charge in [-0.15, -0.1) is 0 Å². The monoisotopic (exact) mass is 859 g/mol. The van der Waals surface area contributed by atoms with Crippen LogP contribution in [0.3, 0.4) is 0 Å². The molecule has 8 nitrogen and oxygen atoms in total. The van der Waals surface area contributed by atoms with E-state index in [0.717, 1.165) is 38.5 Å². The molecule has 0 heterocycles. The van der Waals surface area contributed by atoms with Gasteiger partial charge in [0.25, 0.3) is 0 Å². The van der Waals surface area contributed by atoms with Crippen LogP contribution in [-0.2, 0) is 27.9 Å². The Morgan fingerprint density at radius 1 is 0.508 bits per heavy atom. The summed E-state index contributed by atoms with van der Waals surface area (Å²) >= 11 is 0. The minimum Gasteiger partial charge on any atom is -0.457 e. The highest BCUT2D eigenvalue weighted by atomic mass is 31.2. The van der Waals surface area contributed by atoms with Gasteiger partial charge in [-0.2, -0.15) is 0 Å². The molecule has 0 aromatic rings. The molecule has 9 heteroatoms. The standard InChI is InChI=1S/C50H100NO7P/c1-6-8-10-12-14-16-18-20-22-24-25-26-27-28-30-32-34-36-38-40-42-45-55-47-49(48-57-59(53,54)56-46-44-51(3,4)5)58-50(52)43-41-39-37-35-33-31-29-23-21-19-17-15-13-11-9-7-2/h23,29,49H,6-22,24-28,30-48H2,1-5H3/p+1/b29-23-. The average Bonchev–Trinajstić information content (AvgIpc) is 3.19. The normalized spacial score (nSPS) is 13.7. The second kappa shape index (κ2) is 43.9. The van der Waals surface area contributed by atoms with Crippen molar-refractivity contribution in [2.24, 2.45) is 0 Å². The van der Waals surface area contributed by atoms with Crippen LogP contribution in [0.2, 0.25) is 0 Å². The van der Waals surface area contributed by atoms with E-state index < -0.39 is 13.9 Å². The lowest BCUT2D eigenvalue weighted by molar-refractivity contribution is -0.870. The number of unbranched alkanes of at least 4 members (excludes halogenated alkanes) is 32. The fourth-order valence-electron chi connectivity index (χ4n) is 7.37. The molecule has 2 atom stereocenters. The third-order valence-electron chi connectivity index (χ3n) is 11.3. The topological polar surface area (TPSA) is 91.3 Å². The zero-order chi connectivity index (χ0) is 43.4. The number of hydrogen-bond acceptors (Lipinski definition) is 6. The zero-order valence-corrected chi connectivity index (χ0v) is 40.9. The molecule has 0 aromatic heterocycles. The van der Waals surface area contributed by atoms with Crippen LogP contribution in [0.15, 0.2) is 12.2 Å². The third kappa shape index (κ3) is 48.1. The van der Waals surface area contributed by atoms with Crippen molar-refractivity contribution in [1.29, 1.82) is 0 Å². The average molecular weight is 859 g/mol. The Kier molecular flexibility index (Phi) is 43.3. The third-order valence-corrected chi connectivity index (χ3v) is 12.3. The van der Waals surface area contributed by atoms with Gasteiger partial charge in [-0.05, 0) is 38.5 Å². The second-order valence-corrected chi connectivity index (χ2v) is 20.0. The smallest absolute Gasteiger partial charge is 0.457 e. The number of likely N-dealkylation sites (N-methyl/N-ethyl adjacent to an activating group) is 1. The van der Waals surface area contributed by atoms with Gasteiger partial charge in [0.15, 0.2) is 0 Å². The molecular weight excluding hydrogens is 758 g/mol. The van der Waals surface area contributed by atoms with Crippen molar-refractivity contribution in [3.05, 3.63) is 12.2 Å². The number of rotatable bonds is 48. The molecule has 0 saturated heterocycles. The highest BCUT2D eigenvalue weighted by molar-refractivity contribution is 7.47. The van der Waals surface area contributed by atoms with E-state index in [1.807, 2.05) is 21.1 Å². The first-order valence-corrected chi connectivity index (χ1v) is 26.9. The molecule has 0 aromatic carbocycles. The van der Waals surface area contributed by atoms with E-state index in [0.29, 0.717) is 24.1 Å². The van der Waals surface area contributed by atoms with Crippen molar-refractivity contribution in [2.75, 3.05) is 54.1 Å². The van der Waals surface area contributed by atoms with Gasteiger partial charge in [0.1, 0.15) is 19.3 Å². The summed E-state index contributed by atoms with van der Waals surface area (Å²) in [7, 11) is 1.68. The van der Waals surface area contributed by atoms with Gasteiger partial charge in [0.05, 0.1) is 34.4 Å². The Bertz CT molecular complexity index is 956.